The first-order chi connectivity index (χ1) is 10.6. The molecule has 1 saturated heterocycles. The van der Waals surface area contributed by atoms with Crippen LogP contribution in [-0.2, 0) is 11.3 Å². The van der Waals surface area contributed by atoms with E-state index in [4.69, 9.17) is 11.6 Å². The van der Waals surface area contributed by atoms with Crippen LogP contribution in [0.5, 0.6) is 0 Å². The van der Waals surface area contributed by atoms with Crippen LogP contribution >= 0.6 is 11.6 Å². The number of benzene rings is 1. The highest BCUT2D eigenvalue weighted by Crippen LogP contribution is 2.30. The maximum Gasteiger partial charge on any atom is 0.225 e. The van der Waals surface area contributed by atoms with Gasteiger partial charge < -0.3 is 4.90 Å². The minimum Gasteiger partial charge on any atom is -0.342 e. The maximum atomic E-state index is 12.3. The van der Waals surface area contributed by atoms with E-state index in [0.29, 0.717) is 17.9 Å². The highest BCUT2D eigenvalue weighted by Gasteiger charge is 2.32. The molecule has 1 aromatic rings. The van der Waals surface area contributed by atoms with Gasteiger partial charge in [0.15, 0.2) is 0 Å². The first-order valence-electron chi connectivity index (χ1n) is 8.37. The molecule has 120 valence electrons. The van der Waals surface area contributed by atoms with Crippen molar-refractivity contribution in [2.24, 2.45) is 5.92 Å². The summed E-state index contributed by atoms with van der Waals surface area (Å²) in [4.78, 5) is 16.8. The number of amides is 1. The normalized spacial score (nSPS) is 20.6. The minimum atomic E-state index is 0.311. The van der Waals surface area contributed by atoms with Crippen molar-refractivity contribution in [3.8, 4) is 0 Å². The Morgan fingerprint density at radius 2 is 1.91 bits per heavy atom. The molecule has 4 heteroatoms. The first-order valence-corrected chi connectivity index (χ1v) is 8.75. The van der Waals surface area contributed by atoms with Gasteiger partial charge in [-0.25, -0.2) is 0 Å². The highest BCUT2D eigenvalue weighted by molar-refractivity contribution is 6.31. The Labute approximate surface area is 138 Å². The van der Waals surface area contributed by atoms with E-state index in [9.17, 15) is 4.79 Å². The molecule has 1 aromatic carbocycles. The minimum absolute atomic E-state index is 0.311. The van der Waals surface area contributed by atoms with Crippen LogP contribution in [0.25, 0.3) is 0 Å². The number of carbonyl (C=O) groups excluding carboxylic acids is 1. The average molecular weight is 321 g/mol. The summed E-state index contributed by atoms with van der Waals surface area (Å²) in [7, 11) is 2.00. The Bertz CT molecular complexity index is 522. The van der Waals surface area contributed by atoms with Gasteiger partial charge in [-0.1, -0.05) is 36.2 Å². The molecule has 1 saturated carbocycles. The lowest BCUT2D eigenvalue weighted by atomic mass is 9.84. The smallest absolute Gasteiger partial charge is 0.225 e. The van der Waals surface area contributed by atoms with Crippen LogP contribution < -0.4 is 0 Å². The summed E-state index contributed by atoms with van der Waals surface area (Å²) < 4.78 is 0. The van der Waals surface area contributed by atoms with Gasteiger partial charge in [0.25, 0.3) is 0 Å². The average Bonchev–Trinajstić information content (AvgIpc) is 2.48. The van der Waals surface area contributed by atoms with Gasteiger partial charge in [-0.2, -0.15) is 0 Å². The third-order valence-electron chi connectivity index (χ3n) is 5.26. The lowest BCUT2D eigenvalue weighted by molar-refractivity contribution is -0.139. The lowest BCUT2D eigenvalue weighted by Gasteiger charge is -2.39. The number of nitrogens with zero attached hydrogens (tertiary/aromatic N) is 2. The summed E-state index contributed by atoms with van der Waals surface area (Å²) in [6, 6.07) is 8.48. The molecule has 0 unspecified atom stereocenters. The van der Waals surface area contributed by atoms with Crippen molar-refractivity contribution in [3.63, 3.8) is 0 Å². The Kier molecular flexibility index (Phi) is 5.04. The lowest BCUT2D eigenvalue weighted by Crippen LogP contribution is -2.48. The number of hydrogen-bond donors (Lipinski definition) is 0. The summed E-state index contributed by atoms with van der Waals surface area (Å²) in [5, 5.41) is 0.849. The number of likely N-dealkylation sites (tertiary alicyclic amines) is 1. The zero-order valence-corrected chi connectivity index (χ0v) is 14.1. The van der Waals surface area contributed by atoms with E-state index >= 15 is 0 Å². The van der Waals surface area contributed by atoms with Crippen LogP contribution in [0.3, 0.4) is 0 Å². The van der Waals surface area contributed by atoms with E-state index in [1.54, 1.807) is 0 Å². The van der Waals surface area contributed by atoms with Crippen LogP contribution in [0.1, 0.15) is 37.7 Å². The Morgan fingerprint density at radius 3 is 2.50 bits per heavy atom. The third-order valence-corrected chi connectivity index (χ3v) is 5.63. The van der Waals surface area contributed by atoms with E-state index in [1.165, 1.54) is 12.0 Å². The van der Waals surface area contributed by atoms with Crippen LogP contribution in [0.15, 0.2) is 24.3 Å². The Balaban J connectivity index is 1.50. The SMILES string of the molecule is CN(C(=O)C1CCC1)C1CCN(Cc2ccccc2Cl)CC1. The number of halogens is 1. The zero-order chi connectivity index (χ0) is 15.5. The van der Waals surface area contributed by atoms with Crippen molar-refractivity contribution in [2.75, 3.05) is 20.1 Å². The van der Waals surface area contributed by atoms with Crippen molar-refractivity contribution < 1.29 is 4.79 Å². The fraction of sp³-hybridized carbons (Fsp3) is 0.611. The summed E-state index contributed by atoms with van der Waals surface area (Å²) in [5.41, 5.74) is 1.20. The van der Waals surface area contributed by atoms with Crippen molar-refractivity contribution in [3.05, 3.63) is 34.9 Å². The Hall–Kier alpha value is -1.06. The number of rotatable bonds is 4. The first kappa shape index (κ1) is 15.8. The predicted octanol–water partition coefficient (Wildman–Crippen LogP) is 3.56. The highest BCUT2D eigenvalue weighted by atomic mass is 35.5. The summed E-state index contributed by atoms with van der Waals surface area (Å²) in [6.45, 7) is 2.99. The maximum absolute atomic E-state index is 12.3. The molecule has 0 aromatic heterocycles. The molecule has 1 amide bonds. The largest absolute Gasteiger partial charge is 0.342 e. The van der Waals surface area contributed by atoms with Gasteiger partial charge in [0.1, 0.15) is 0 Å². The van der Waals surface area contributed by atoms with Gasteiger partial charge in [0.2, 0.25) is 5.91 Å². The summed E-state index contributed by atoms with van der Waals surface area (Å²) in [5.74, 6) is 0.682. The molecule has 2 fully saturated rings. The molecular formula is C18H25ClN2O. The van der Waals surface area contributed by atoms with Crippen LogP contribution in [0.2, 0.25) is 5.02 Å². The van der Waals surface area contributed by atoms with Crippen LogP contribution in [0, 0.1) is 5.92 Å². The van der Waals surface area contributed by atoms with Crippen molar-refractivity contribution in [1.82, 2.24) is 9.80 Å². The fourth-order valence-corrected chi connectivity index (χ4v) is 3.65. The standard InChI is InChI=1S/C18H25ClN2O/c1-20(18(22)14-6-4-7-14)16-9-11-21(12-10-16)13-15-5-2-3-8-17(15)19/h2-3,5,8,14,16H,4,6-7,9-13H2,1H3. The molecular weight excluding hydrogens is 296 g/mol. The van der Waals surface area contributed by atoms with Gasteiger partial charge in [0.05, 0.1) is 0 Å². The van der Waals surface area contributed by atoms with Crippen molar-refractivity contribution in [2.45, 2.75) is 44.7 Å². The van der Waals surface area contributed by atoms with Crippen molar-refractivity contribution >= 4 is 17.5 Å². The molecule has 3 rings (SSSR count). The number of piperidine rings is 1. The van der Waals surface area contributed by atoms with Crippen LogP contribution in [-0.4, -0.2) is 41.9 Å². The van der Waals surface area contributed by atoms with E-state index in [0.717, 1.165) is 50.3 Å². The summed E-state index contributed by atoms with van der Waals surface area (Å²) in [6.07, 6.45) is 5.54. The van der Waals surface area contributed by atoms with Crippen LogP contribution in [0.4, 0.5) is 0 Å². The molecule has 0 bridgehead atoms. The second-order valence-corrected chi connectivity index (χ2v) is 7.08. The molecule has 1 aliphatic carbocycles. The second kappa shape index (κ2) is 7.01. The molecule has 2 aliphatic rings. The molecule has 0 atom stereocenters. The quantitative estimate of drug-likeness (QED) is 0.847. The third kappa shape index (κ3) is 3.47. The molecule has 0 radical (unpaired) electrons. The summed E-state index contributed by atoms with van der Waals surface area (Å²) >= 11 is 6.24. The van der Waals surface area contributed by atoms with E-state index in [2.05, 4.69) is 11.0 Å². The van der Waals surface area contributed by atoms with Gasteiger partial charge >= 0.3 is 0 Å². The zero-order valence-electron chi connectivity index (χ0n) is 13.3. The molecule has 1 heterocycles. The molecule has 0 N–H and O–H groups in total. The topological polar surface area (TPSA) is 23.6 Å². The second-order valence-electron chi connectivity index (χ2n) is 6.68. The monoisotopic (exact) mass is 320 g/mol. The molecule has 22 heavy (non-hydrogen) atoms. The number of hydrogen-bond acceptors (Lipinski definition) is 2. The van der Waals surface area contributed by atoms with Gasteiger partial charge in [-0.05, 0) is 37.3 Å². The Morgan fingerprint density at radius 1 is 1.23 bits per heavy atom. The molecule has 1 aliphatic heterocycles. The molecule has 3 nitrogen and oxygen atoms in total. The van der Waals surface area contributed by atoms with E-state index in [-0.39, 0.29) is 0 Å². The van der Waals surface area contributed by atoms with E-state index < -0.39 is 0 Å². The predicted molar refractivity (Wildman–Crippen MR) is 89.9 cm³/mol. The van der Waals surface area contributed by atoms with Gasteiger partial charge in [-0.3, -0.25) is 9.69 Å². The fourth-order valence-electron chi connectivity index (χ4n) is 3.46. The number of carbonyl (C=O) groups is 1. The molecule has 0 spiro atoms. The van der Waals surface area contributed by atoms with Gasteiger partial charge in [0, 0.05) is 43.7 Å². The van der Waals surface area contributed by atoms with Gasteiger partial charge in [-0.15, -0.1) is 0 Å². The van der Waals surface area contributed by atoms with Crippen molar-refractivity contribution in [1.29, 1.82) is 0 Å². The van der Waals surface area contributed by atoms with E-state index in [1.807, 2.05) is 30.1 Å².